The van der Waals surface area contributed by atoms with Crippen LogP contribution in [0.2, 0.25) is 5.02 Å². The Kier molecular flexibility index (Phi) is 8.56. The molecule has 0 bridgehead atoms. The van der Waals surface area contributed by atoms with Gasteiger partial charge in [-0.2, -0.15) is 0 Å². The Morgan fingerprint density at radius 1 is 0.824 bits per heavy atom. The number of hydrogen-bond acceptors (Lipinski definition) is 7. The van der Waals surface area contributed by atoms with Crippen LogP contribution in [0, 0.1) is 0 Å². The van der Waals surface area contributed by atoms with Crippen molar-refractivity contribution in [1.29, 1.82) is 0 Å². The standard InChI is InChI=1S/C25H22ClNO6S/c1-31-22-9-4-15(10-18(22)14-34-21-7-5-19(26)6-8-21)23(28)27-20-12-16(24(29)32-2)11-17(13-20)25(30)33-3/h4-13H,14H2,1-3H3,(H,27,28). The third-order valence-corrected chi connectivity index (χ3v) is 6.10. The zero-order valence-corrected chi connectivity index (χ0v) is 20.3. The fraction of sp³-hybridized carbons (Fsp3) is 0.160. The van der Waals surface area contributed by atoms with Crippen LogP contribution in [0.3, 0.4) is 0 Å². The molecule has 0 saturated carbocycles. The molecule has 0 atom stereocenters. The maximum Gasteiger partial charge on any atom is 0.337 e. The number of rotatable bonds is 8. The number of carbonyl (C=O) groups excluding carboxylic acids is 3. The van der Waals surface area contributed by atoms with E-state index >= 15 is 0 Å². The van der Waals surface area contributed by atoms with E-state index in [0.717, 1.165) is 10.5 Å². The van der Waals surface area contributed by atoms with Gasteiger partial charge in [-0.25, -0.2) is 9.59 Å². The number of anilines is 1. The minimum Gasteiger partial charge on any atom is -0.496 e. The normalized spacial score (nSPS) is 10.4. The van der Waals surface area contributed by atoms with Crippen molar-refractivity contribution in [3.63, 3.8) is 0 Å². The summed E-state index contributed by atoms with van der Waals surface area (Å²) in [6.45, 7) is 0. The third-order valence-electron chi connectivity index (χ3n) is 4.78. The Labute approximate surface area is 206 Å². The number of halogens is 1. The highest BCUT2D eigenvalue weighted by Gasteiger charge is 2.16. The Balaban J connectivity index is 1.84. The number of hydrogen-bond donors (Lipinski definition) is 1. The Hall–Kier alpha value is -3.49. The first-order valence-corrected chi connectivity index (χ1v) is 11.4. The molecule has 3 rings (SSSR count). The van der Waals surface area contributed by atoms with Gasteiger partial charge in [0.25, 0.3) is 5.91 Å². The molecule has 0 fully saturated rings. The number of carbonyl (C=O) groups is 3. The monoisotopic (exact) mass is 499 g/mol. The molecule has 0 aromatic heterocycles. The van der Waals surface area contributed by atoms with Crippen LogP contribution in [-0.4, -0.2) is 39.2 Å². The summed E-state index contributed by atoms with van der Waals surface area (Å²) in [5.41, 5.74) is 1.68. The quantitative estimate of drug-likeness (QED) is 0.324. The molecule has 9 heteroatoms. The van der Waals surface area contributed by atoms with E-state index in [1.54, 1.807) is 37.1 Å². The molecule has 176 valence electrons. The molecule has 0 radical (unpaired) electrons. The largest absolute Gasteiger partial charge is 0.496 e. The van der Waals surface area contributed by atoms with E-state index in [9.17, 15) is 14.4 Å². The third kappa shape index (κ3) is 6.30. The van der Waals surface area contributed by atoms with E-state index < -0.39 is 17.8 Å². The fourth-order valence-electron chi connectivity index (χ4n) is 3.10. The van der Waals surface area contributed by atoms with Crippen molar-refractivity contribution in [3.05, 3.63) is 87.9 Å². The number of nitrogens with one attached hydrogen (secondary N) is 1. The molecule has 0 aliphatic rings. The van der Waals surface area contributed by atoms with Crippen LogP contribution in [0.5, 0.6) is 5.75 Å². The van der Waals surface area contributed by atoms with E-state index in [1.165, 1.54) is 32.4 Å². The van der Waals surface area contributed by atoms with Crippen LogP contribution >= 0.6 is 23.4 Å². The van der Waals surface area contributed by atoms with Crippen molar-refractivity contribution >= 4 is 46.9 Å². The lowest BCUT2D eigenvalue weighted by atomic mass is 10.1. The summed E-state index contributed by atoms with van der Waals surface area (Å²) in [5.74, 6) is -0.493. The van der Waals surface area contributed by atoms with Crippen molar-refractivity contribution in [2.24, 2.45) is 0 Å². The Morgan fingerprint density at radius 3 is 2.00 bits per heavy atom. The lowest BCUT2D eigenvalue weighted by Gasteiger charge is -2.12. The van der Waals surface area contributed by atoms with Crippen LogP contribution in [0.25, 0.3) is 0 Å². The highest BCUT2D eigenvalue weighted by Crippen LogP contribution is 2.30. The molecule has 3 aromatic rings. The van der Waals surface area contributed by atoms with Gasteiger partial charge in [0.2, 0.25) is 0 Å². The number of thioether (sulfide) groups is 1. The van der Waals surface area contributed by atoms with Crippen molar-refractivity contribution in [2.75, 3.05) is 26.6 Å². The summed E-state index contributed by atoms with van der Waals surface area (Å²) >= 11 is 7.52. The van der Waals surface area contributed by atoms with Gasteiger partial charge in [0.05, 0.1) is 32.5 Å². The molecule has 7 nitrogen and oxygen atoms in total. The second-order valence-corrected chi connectivity index (χ2v) is 8.49. The van der Waals surface area contributed by atoms with Gasteiger partial charge < -0.3 is 19.5 Å². The zero-order chi connectivity index (χ0) is 24.7. The molecule has 0 saturated heterocycles. The molecule has 3 aromatic carbocycles. The summed E-state index contributed by atoms with van der Waals surface area (Å²) in [4.78, 5) is 38.0. The van der Waals surface area contributed by atoms with Crippen LogP contribution in [0.15, 0.2) is 65.6 Å². The number of methoxy groups -OCH3 is 3. The lowest BCUT2D eigenvalue weighted by Crippen LogP contribution is -2.14. The van der Waals surface area contributed by atoms with Crippen molar-refractivity contribution in [3.8, 4) is 5.75 Å². The number of esters is 2. The molecule has 1 N–H and O–H groups in total. The average molecular weight is 500 g/mol. The summed E-state index contributed by atoms with van der Waals surface area (Å²) in [7, 11) is 4.02. The van der Waals surface area contributed by atoms with Crippen molar-refractivity contribution in [1.82, 2.24) is 0 Å². The van der Waals surface area contributed by atoms with Crippen molar-refractivity contribution in [2.45, 2.75) is 10.6 Å². The van der Waals surface area contributed by atoms with E-state index in [2.05, 4.69) is 5.32 Å². The van der Waals surface area contributed by atoms with E-state index in [1.807, 2.05) is 24.3 Å². The number of ether oxygens (including phenoxy) is 3. The molecule has 0 aliphatic carbocycles. The second kappa shape index (κ2) is 11.6. The zero-order valence-electron chi connectivity index (χ0n) is 18.7. The van der Waals surface area contributed by atoms with Gasteiger partial charge in [-0.05, 0) is 60.7 Å². The SMILES string of the molecule is COC(=O)c1cc(NC(=O)c2ccc(OC)c(CSc3ccc(Cl)cc3)c2)cc(C(=O)OC)c1. The number of benzene rings is 3. The fourth-order valence-corrected chi connectivity index (χ4v) is 4.10. The molecule has 0 spiro atoms. The predicted molar refractivity (Wildman–Crippen MR) is 131 cm³/mol. The minimum absolute atomic E-state index is 0.107. The van der Waals surface area contributed by atoms with Gasteiger partial charge in [-0.1, -0.05) is 11.6 Å². The average Bonchev–Trinajstić information content (AvgIpc) is 2.86. The van der Waals surface area contributed by atoms with Crippen LogP contribution in [0.1, 0.15) is 36.6 Å². The molecule has 0 aliphatic heterocycles. The van der Waals surface area contributed by atoms with Crippen LogP contribution in [-0.2, 0) is 15.2 Å². The molecular weight excluding hydrogens is 478 g/mol. The Bertz CT molecular complexity index is 1180. The highest BCUT2D eigenvalue weighted by molar-refractivity contribution is 7.98. The highest BCUT2D eigenvalue weighted by atomic mass is 35.5. The molecule has 1 amide bonds. The second-order valence-electron chi connectivity index (χ2n) is 7.01. The predicted octanol–water partition coefficient (Wildman–Crippen LogP) is 5.47. The van der Waals surface area contributed by atoms with Gasteiger partial charge in [0.1, 0.15) is 5.75 Å². The van der Waals surface area contributed by atoms with Crippen molar-refractivity contribution < 1.29 is 28.6 Å². The van der Waals surface area contributed by atoms with Gasteiger partial charge in [-0.15, -0.1) is 11.8 Å². The van der Waals surface area contributed by atoms with Gasteiger partial charge >= 0.3 is 11.9 Å². The van der Waals surface area contributed by atoms with E-state index in [0.29, 0.717) is 22.1 Å². The molecule has 0 heterocycles. The topological polar surface area (TPSA) is 90.9 Å². The van der Waals surface area contributed by atoms with Crippen LogP contribution in [0.4, 0.5) is 5.69 Å². The summed E-state index contributed by atoms with van der Waals surface area (Å²) in [6, 6.07) is 16.8. The Morgan fingerprint density at radius 2 is 1.44 bits per heavy atom. The van der Waals surface area contributed by atoms with Crippen LogP contribution < -0.4 is 10.1 Å². The maximum atomic E-state index is 13.0. The molecule has 0 unspecified atom stereocenters. The molecule has 34 heavy (non-hydrogen) atoms. The smallest absolute Gasteiger partial charge is 0.337 e. The molecular formula is C25H22ClNO6S. The first-order valence-electron chi connectivity index (χ1n) is 10.0. The lowest BCUT2D eigenvalue weighted by molar-refractivity contribution is 0.0599. The van der Waals surface area contributed by atoms with Gasteiger partial charge in [-0.3, -0.25) is 4.79 Å². The summed E-state index contributed by atoms with van der Waals surface area (Å²) in [6.07, 6.45) is 0. The van der Waals surface area contributed by atoms with E-state index in [-0.39, 0.29) is 16.8 Å². The first kappa shape index (κ1) is 25.1. The maximum absolute atomic E-state index is 13.0. The van der Waals surface area contributed by atoms with Gasteiger partial charge in [0.15, 0.2) is 0 Å². The summed E-state index contributed by atoms with van der Waals surface area (Å²) in [5, 5.41) is 3.38. The number of amides is 1. The van der Waals surface area contributed by atoms with Gasteiger partial charge in [0, 0.05) is 32.5 Å². The summed E-state index contributed by atoms with van der Waals surface area (Å²) < 4.78 is 14.9. The van der Waals surface area contributed by atoms with E-state index in [4.69, 9.17) is 25.8 Å². The first-order chi connectivity index (χ1) is 16.3. The minimum atomic E-state index is -0.646.